The third kappa shape index (κ3) is 6.06. The van der Waals surface area contributed by atoms with Gasteiger partial charge in [-0.15, -0.1) is 0 Å². The van der Waals surface area contributed by atoms with E-state index in [4.69, 9.17) is 9.84 Å². The number of anilines is 1. The largest absolute Gasteiger partial charge is 0.494 e. The minimum Gasteiger partial charge on any atom is -0.494 e. The number of rotatable bonds is 10. The van der Waals surface area contributed by atoms with Gasteiger partial charge in [0.2, 0.25) is 0 Å². The van der Waals surface area contributed by atoms with Crippen molar-refractivity contribution in [2.24, 2.45) is 5.92 Å². The van der Waals surface area contributed by atoms with Crippen molar-refractivity contribution >= 4 is 11.7 Å². The lowest BCUT2D eigenvalue weighted by Crippen LogP contribution is -2.32. The summed E-state index contributed by atoms with van der Waals surface area (Å²) in [6.45, 7) is 8.10. The molecule has 1 aromatic rings. The lowest BCUT2D eigenvalue weighted by atomic mass is 10.1. The van der Waals surface area contributed by atoms with Crippen molar-refractivity contribution in [3.63, 3.8) is 0 Å². The van der Waals surface area contributed by atoms with Crippen LogP contribution in [-0.2, 0) is 4.79 Å². The number of carboxylic acids is 1. The Morgan fingerprint density at radius 1 is 1.24 bits per heavy atom. The van der Waals surface area contributed by atoms with Gasteiger partial charge in [-0.2, -0.15) is 0 Å². The van der Waals surface area contributed by atoms with Crippen molar-refractivity contribution in [1.29, 1.82) is 0 Å². The molecule has 0 fully saturated rings. The molecule has 0 spiro atoms. The van der Waals surface area contributed by atoms with Gasteiger partial charge in [-0.3, -0.25) is 4.79 Å². The highest BCUT2D eigenvalue weighted by molar-refractivity contribution is 5.70. The molecule has 1 N–H and O–H groups in total. The van der Waals surface area contributed by atoms with Crippen LogP contribution in [0.25, 0.3) is 0 Å². The highest BCUT2D eigenvalue weighted by Crippen LogP contribution is 2.21. The van der Waals surface area contributed by atoms with Crippen molar-refractivity contribution in [2.45, 2.75) is 40.0 Å². The van der Waals surface area contributed by atoms with E-state index in [0.29, 0.717) is 6.54 Å². The molecule has 0 heterocycles. The summed E-state index contributed by atoms with van der Waals surface area (Å²) in [4.78, 5) is 13.1. The van der Waals surface area contributed by atoms with Crippen LogP contribution in [0.2, 0.25) is 0 Å². The Labute approximate surface area is 127 Å². The highest BCUT2D eigenvalue weighted by Gasteiger charge is 2.16. The van der Waals surface area contributed by atoms with Crippen LogP contribution in [0.1, 0.15) is 40.0 Å². The number of unbranched alkanes of at least 4 members (excludes halogenated alkanes) is 1. The number of benzene rings is 1. The fourth-order valence-electron chi connectivity index (χ4n) is 2.09. The van der Waals surface area contributed by atoms with E-state index >= 15 is 0 Å². The number of hydrogen-bond acceptors (Lipinski definition) is 3. The summed E-state index contributed by atoms with van der Waals surface area (Å²) < 4.78 is 5.65. The Morgan fingerprint density at radius 2 is 1.90 bits per heavy atom. The molecular weight excluding hydrogens is 266 g/mol. The molecule has 0 saturated carbocycles. The molecule has 1 aromatic carbocycles. The number of carboxylic acid groups (broad SMARTS) is 1. The predicted octanol–water partition coefficient (Wildman–Crippen LogP) is 3.80. The average molecular weight is 293 g/mol. The zero-order chi connectivity index (χ0) is 15.7. The normalized spacial score (nSPS) is 12.0. The van der Waals surface area contributed by atoms with E-state index in [1.165, 1.54) is 0 Å². The number of nitrogens with zero attached hydrogens (tertiary/aromatic N) is 1. The lowest BCUT2D eigenvalue weighted by Gasteiger charge is -2.26. The number of aliphatic carboxylic acids is 1. The van der Waals surface area contributed by atoms with Crippen molar-refractivity contribution < 1.29 is 14.6 Å². The third-order valence-electron chi connectivity index (χ3n) is 3.38. The van der Waals surface area contributed by atoms with E-state index in [0.717, 1.165) is 43.9 Å². The van der Waals surface area contributed by atoms with E-state index < -0.39 is 5.97 Å². The molecule has 0 radical (unpaired) electrons. The van der Waals surface area contributed by atoms with Gasteiger partial charge >= 0.3 is 5.97 Å². The van der Waals surface area contributed by atoms with E-state index in [1.807, 2.05) is 24.3 Å². The second-order valence-corrected chi connectivity index (χ2v) is 5.38. The van der Waals surface area contributed by atoms with Gasteiger partial charge in [0.05, 0.1) is 12.5 Å². The first-order valence-corrected chi connectivity index (χ1v) is 7.79. The number of ether oxygens (including phenoxy) is 1. The zero-order valence-corrected chi connectivity index (χ0v) is 13.3. The molecular formula is C17H27NO3. The molecule has 0 bridgehead atoms. The van der Waals surface area contributed by atoms with Crippen LogP contribution < -0.4 is 9.64 Å². The lowest BCUT2D eigenvalue weighted by molar-refractivity contribution is -0.140. The molecule has 4 heteroatoms. The summed E-state index contributed by atoms with van der Waals surface area (Å²) in [7, 11) is 0. The molecule has 1 unspecified atom stereocenters. The summed E-state index contributed by atoms with van der Waals surface area (Å²) in [6, 6.07) is 7.93. The topological polar surface area (TPSA) is 49.8 Å². The molecule has 0 saturated heterocycles. The molecule has 4 nitrogen and oxygen atoms in total. The molecule has 0 aromatic heterocycles. The third-order valence-corrected chi connectivity index (χ3v) is 3.38. The van der Waals surface area contributed by atoms with Gasteiger partial charge in [-0.05, 0) is 37.1 Å². The van der Waals surface area contributed by atoms with Gasteiger partial charge in [0, 0.05) is 18.8 Å². The standard InChI is InChI=1S/C17H27NO3/c1-4-6-12-21-16-9-7-15(8-10-16)18(11-5-2)13-14(3)17(19)20/h7-10,14H,4-6,11-13H2,1-3H3,(H,19,20). The van der Waals surface area contributed by atoms with E-state index in [-0.39, 0.29) is 5.92 Å². The van der Waals surface area contributed by atoms with Crippen LogP contribution >= 0.6 is 0 Å². The molecule has 21 heavy (non-hydrogen) atoms. The summed E-state index contributed by atoms with van der Waals surface area (Å²) >= 11 is 0. The van der Waals surface area contributed by atoms with Gasteiger partial charge in [-0.1, -0.05) is 27.2 Å². The van der Waals surface area contributed by atoms with E-state index in [9.17, 15) is 4.79 Å². The Kier molecular flexibility index (Phi) is 7.65. The van der Waals surface area contributed by atoms with Gasteiger partial charge in [0.15, 0.2) is 0 Å². The molecule has 0 amide bonds. The molecule has 0 aliphatic rings. The fraction of sp³-hybridized carbons (Fsp3) is 0.588. The van der Waals surface area contributed by atoms with Crippen LogP contribution in [0.15, 0.2) is 24.3 Å². The summed E-state index contributed by atoms with van der Waals surface area (Å²) in [5.74, 6) is -0.261. The molecule has 0 aliphatic carbocycles. The van der Waals surface area contributed by atoms with Crippen LogP contribution in [0, 0.1) is 5.92 Å². The summed E-state index contributed by atoms with van der Waals surface area (Å²) in [5.41, 5.74) is 1.05. The minimum absolute atomic E-state index is 0.378. The van der Waals surface area contributed by atoms with Gasteiger partial charge < -0.3 is 14.7 Å². The number of hydrogen-bond donors (Lipinski definition) is 1. The van der Waals surface area contributed by atoms with Crippen molar-refractivity contribution in [3.05, 3.63) is 24.3 Å². The zero-order valence-electron chi connectivity index (χ0n) is 13.3. The minimum atomic E-state index is -0.754. The summed E-state index contributed by atoms with van der Waals surface area (Å²) in [6.07, 6.45) is 3.16. The Bertz CT molecular complexity index is 417. The Hall–Kier alpha value is -1.71. The van der Waals surface area contributed by atoms with E-state index in [2.05, 4.69) is 18.7 Å². The molecule has 118 valence electrons. The highest BCUT2D eigenvalue weighted by atomic mass is 16.5. The first kappa shape index (κ1) is 17.3. The second-order valence-electron chi connectivity index (χ2n) is 5.38. The maximum absolute atomic E-state index is 11.0. The molecule has 0 aliphatic heterocycles. The van der Waals surface area contributed by atoms with Gasteiger partial charge in [-0.25, -0.2) is 0 Å². The monoisotopic (exact) mass is 293 g/mol. The van der Waals surface area contributed by atoms with Crippen molar-refractivity contribution in [3.8, 4) is 5.75 Å². The van der Waals surface area contributed by atoms with Crippen LogP contribution in [0.4, 0.5) is 5.69 Å². The maximum atomic E-state index is 11.0. The van der Waals surface area contributed by atoms with Crippen LogP contribution in [-0.4, -0.2) is 30.8 Å². The van der Waals surface area contributed by atoms with Gasteiger partial charge in [0.25, 0.3) is 0 Å². The average Bonchev–Trinajstić information content (AvgIpc) is 2.47. The molecule has 1 rings (SSSR count). The van der Waals surface area contributed by atoms with Gasteiger partial charge in [0.1, 0.15) is 5.75 Å². The predicted molar refractivity (Wildman–Crippen MR) is 86.1 cm³/mol. The summed E-state index contributed by atoms with van der Waals surface area (Å²) in [5, 5.41) is 9.06. The van der Waals surface area contributed by atoms with Crippen molar-refractivity contribution in [2.75, 3.05) is 24.6 Å². The maximum Gasteiger partial charge on any atom is 0.308 e. The first-order chi connectivity index (χ1) is 10.1. The second kappa shape index (κ2) is 9.27. The van der Waals surface area contributed by atoms with Crippen LogP contribution in [0.3, 0.4) is 0 Å². The van der Waals surface area contributed by atoms with Crippen molar-refractivity contribution in [1.82, 2.24) is 0 Å². The SMILES string of the molecule is CCCCOc1ccc(N(CCC)CC(C)C(=O)O)cc1. The van der Waals surface area contributed by atoms with Crippen LogP contribution in [0.5, 0.6) is 5.75 Å². The Balaban J connectivity index is 2.67. The van der Waals surface area contributed by atoms with E-state index in [1.54, 1.807) is 6.92 Å². The number of carbonyl (C=O) groups is 1. The Morgan fingerprint density at radius 3 is 2.43 bits per heavy atom. The smallest absolute Gasteiger partial charge is 0.308 e. The first-order valence-electron chi connectivity index (χ1n) is 7.79. The molecule has 1 atom stereocenters. The quantitative estimate of drug-likeness (QED) is 0.667. The fourth-order valence-corrected chi connectivity index (χ4v) is 2.09.